The monoisotopic (exact) mass is 650 g/mol. The first kappa shape index (κ1) is 32.6. The quantitative estimate of drug-likeness (QED) is 0.201. The van der Waals surface area contributed by atoms with Crippen molar-refractivity contribution in [2.24, 2.45) is 17.8 Å². The van der Waals surface area contributed by atoms with E-state index in [1.807, 2.05) is 0 Å². The molecule has 1 aromatic heterocycles. The first-order chi connectivity index (χ1) is 22.7. The van der Waals surface area contributed by atoms with Gasteiger partial charge in [-0.05, 0) is 74.3 Å². The summed E-state index contributed by atoms with van der Waals surface area (Å²) in [6.45, 7) is 5.52. The molecule has 1 aliphatic carbocycles. The van der Waals surface area contributed by atoms with E-state index in [0.29, 0.717) is 6.42 Å². The number of aryl methyl sites for hydroxylation is 1. The van der Waals surface area contributed by atoms with E-state index in [2.05, 4.69) is 35.0 Å². The van der Waals surface area contributed by atoms with Gasteiger partial charge in [0, 0.05) is 36.8 Å². The number of aromatic amines is 1. The highest BCUT2D eigenvalue weighted by atomic mass is 16.7. The van der Waals surface area contributed by atoms with Crippen LogP contribution in [0.4, 0.5) is 4.79 Å². The molecule has 1 saturated heterocycles. The van der Waals surface area contributed by atoms with Crippen molar-refractivity contribution in [1.82, 2.24) is 9.88 Å². The van der Waals surface area contributed by atoms with Crippen LogP contribution in [-0.4, -0.2) is 88.3 Å². The fourth-order valence-corrected chi connectivity index (χ4v) is 7.90. The van der Waals surface area contributed by atoms with Gasteiger partial charge in [0.2, 0.25) is 5.75 Å². The number of ether oxygens (including phenoxy) is 7. The molecule has 6 rings (SSSR count). The number of benzene rings is 2. The number of rotatable bonds is 8. The number of H-pyrrole nitrogens is 1. The summed E-state index contributed by atoms with van der Waals surface area (Å²) in [4.78, 5) is 45.4. The Morgan fingerprint density at radius 3 is 2.40 bits per heavy atom. The Bertz CT molecular complexity index is 1640. The number of esters is 2. The zero-order valence-electron chi connectivity index (χ0n) is 27.6. The van der Waals surface area contributed by atoms with Crippen molar-refractivity contribution in [2.75, 3.05) is 48.1 Å². The fourth-order valence-electron chi connectivity index (χ4n) is 7.90. The van der Waals surface area contributed by atoms with Crippen molar-refractivity contribution in [2.45, 2.75) is 51.4 Å². The SMILES string of the molecule is CCOC(=O)Oc1c(OC)cc(C(=O)O[C@@H]2C[C@@H]3CN4CCc5c([nH]c6cc(C)ccc56)[C@H]4C[C@@H]3[C@H](C(=O)OC)[C@H]2OC)cc1OC. The van der Waals surface area contributed by atoms with Crippen molar-refractivity contribution < 1.29 is 47.5 Å². The first-order valence-corrected chi connectivity index (χ1v) is 16.0. The van der Waals surface area contributed by atoms with Gasteiger partial charge in [0.25, 0.3) is 0 Å². The second-order valence-electron chi connectivity index (χ2n) is 12.4. The highest BCUT2D eigenvalue weighted by Crippen LogP contribution is 2.50. The molecule has 1 saturated carbocycles. The molecular weight excluding hydrogens is 608 g/mol. The lowest BCUT2D eigenvalue weighted by Gasteiger charge is -2.52. The zero-order chi connectivity index (χ0) is 33.4. The predicted octanol–water partition coefficient (Wildman–Crippen LogP) is 5.00. The Morgan fingerprint density at radius 1 is 1.00 bits per heavy atom. The number of nitrogens with one attached hydrogen (secondary N) is 1. The van der Waals surface area contributed by atoms with Gasteiger partial charge in [-0.3, -0.25) is 9.69 Å². The summed E-state index contributed by atoms with van der Waals surface area (Å²) in [5, 5.41) is 1.26. The Morgan fingerprint density at radius 2 is 1.74 bits per heavy atom. The van der Waals surface area contributed by atoms with E-state index in [1.54, 1.807) is 6.92 Å². The van der Waals surface area contributed by atoms with E-state index < -0.39 is 30.3 Å². The largest absolute Gasteiger partial charge is 0.514 e. The van der Waals surface area contributed by atoms with Crippen LogP contribution in [-0.2, 0) is 30.2 Å². The molecule has 47 heavy (non-hydrogen) atoms. The number of methoxy groups -OCH3 is 4. The van der Waals surface area contributed by atoms with Crippen LogP contribution >= 0.6 is 0 Å². The molecule has 6 atom stereocenters. The Hall–Kier alpha value is -4.29. The molecule has 0 radical (unpaired) electrons. The lowest BCUT2D eigenvalue weighted by molar-refractivity contribution is -0.176. The number of carbonyl (C=O) groups excluding carboxylic acids is 3. The third-order valence-corrected chi connectivity index (χ3v) is 9.95. The lowest BCUT2D eigenvalue weighted by Crippen LogP contribution is -2.58. The van der Waals surface area contributed by atoms with E-state index in [1.165, 1.54) is 62.8 Å². The Balaban J connectivity index is 1.27. The summed E-state index contributed by atoms with van der Waals surface area (Å²) < 4.78 is 38.4. The third kappa shape index (κ3) is 6.00. The second kappa shape index (κ2) is 13.4. The molecule has 252 valence electrons. The Labute approximate surface area is 273 Å². The van der Waals surface area contributed by atoms with Crippen LogP contribution in [0.1, 0.15) is 53.0 Å². The number of fused-ring (bicyclic) bond motifs is 6. The van der Waals surface area contributed by atoms with Crippen molar-refractivity contribution in [3.05, 3.63) is 52.7 Å². The average Bonchev–Trinajstić information content (AvgIpc) is 3.44. The van der Waals surface area contributed by atoms with Gasteiger partial charge >= 0.3 is 18.1 Å². The molecule has 0 unspecified atom stereocenters. The van der Waals surface area contributed by atoms with Gasteiger partial charge in [0.1, 0.15) is 12.2 Å². The molecule has 0 spiro atoms. The highest BCUT2D eigenvalue weighted by molar-refractivity contribution is 5.92. The molecule has 12 heteroatoms. The molecule has 3 aromatic rings. The van der Waals surface area contributed by atoms with Gasteiger partial charge in [-0.1, -0.05) is 12.1 Å². The van der Waals surface area contributed by atoms with Crippen molar-refractivity contribution in [3.63, 3.8) is 0 Å². The van der Waals surface area contributed by atoms with Crippen LogP contribution in [0.3, 0.4) is 0 Å². The number of hydrogen-bond acceptors (Lipinski definition) is 11. The van der Waals surface area contributed by atoms with Gasteiger partial charge in [0.05, 0.1) is 45.5 Å². The van der Waals surface area contributed by atoms with Gasteiger partial charge in [0.15, 0.2) is 11.5 Å². The van der Waals surface area contributed by atoms with Crippen molar-refractivity contribution in [3.8, 4) is 17.2 Å². The van der Waals surface area contributed by atoms with Crippen LogP contribution in [0, 0.1) is 24.7 Å². The minimum Gasteiger partial charge on any atom is -0.493 e. The zero-order valence-corrected chi connectivity index (χ0v) is 27.6. The summed E-state index contributed by atoms with van der Waals surface area (Å²) >= 11 is 0. The maximum absolute atomic E-state index is 13.7. The molecule has 0 bridgehead atoms. The van der Waals surface area contributed by atoms with E-state index >= 15 is 0 Å². The van der Waals surface area contributed by atoms with Crippen LogP contribution in [0.5, 0.6) is 17.2 Å². The molecule has 2 aromatic carbocycles. The normalized spacial score (nSPS) is 25.1. The van der Waals surface area contributed by atoms with Gasteiger partial charge in [-0.2, -0.15) is 0 Å². The lowest BCUT2D eigenvalue weighted by atomic mass is 9.63. The summed E-state index contributed by atoms with van der Waals surface area (Å²) in [5.74, 6) is -1.52. The first-order valence-electron chi connectivity index (χ1n) is 16.0. The van der Waals surface area contributed by atoms with Crippen LogP contribution < -0.4 is 14.2 Å². The molecule has 12 nitrogen and oxygen atoms in total. The van der Waals surface area contributed by atoms with Crippen molar-refractivity contribution >= 4 is 29.0 Å². The molecule has 0 amide bonds. The molecule has 2 aliphatic heterocycles. The molecule has 2 fully saturated rings. The second-order valence-corrected chi connectivity index (χ2v) is 12.4. The number of carbonyl (C=O) groups is 3. The molecular formula is C35H42N2O10. The maximum atomic E-state index is 13.7. The number of nitrogens with zero attached hydrogens (tertiary/aromatic N) is 1. The minimum absolute atomic E-state index is 0.0300. The van der Waals surface area contributed by atoms with E-state index in [9.17, 15) is 14.4 Å². The average molecular weight is 651 g/mol. The summed E-state index contributed by atoms with van der Waals surface area (Å²) in [7, 11) is 5.67. The predicted molar refractivity (Wildman–Crippen MR) is 170 cm³/mol. The van der Waals surface area contributed by atoms with Gasteiger partial charge in [-0.15, -0.1) is 0 Å². The number of aromatic nitrogens is 1. The van der Waals surface area contributed by atoms with E-state index in [4.69, 9.17) is 33.2 Å². The smallest absolute Gasteiger partial charge is 0.493 e. The summed E-state index contributed by atoms with van der Waals surface area (Å²) in [6, 6.07) is 9.48. The van der Waals surface area contributed by atoms with Gasteiger partial charge in [-0.25, -0.2) is 9.59 Å². The maximum Gasteiger partial charge on any atom is 0.514 e. The number of piperidine rings is 1. The minimum atomic E-state index is -0.938. The van der Waals surface area contributed by atoms with E-state index in [0.717, 1.165) is 31.4 Å². The van der Waals surface area contributed by atoms with Crippen molar-refractivity contribution in [1.29, 1.82) is 0 Å². The van der Waals surface area contributed by atoms with Crippen LogP contribution in [0.25, 0.3) is 10.9 Å². The third-order valence-electron chi connectivity index (χ3n) is 9.95. The van der Waals surface area contributed by atoms with Crippen LogP contribution in [0.2, 0.25) is 0 Å². The van der Waals surface area contributed by atoms with Crippen LogP contribution in [0.15, 0.2) is 30.3 Å². The topological polar surface area (TPSA) is 135 Å². The number of hydrogen-bond donors (Lipinski definition) is 1. The highest BCUT2D eigenvalue weighted by Gasteiger charge is 2.54. The summed E-state index contributed by atoms with van der Waals surface area (Å²) in [5.41, 5.74) is 5.03. The molecule has 3 aliphatic rings. The fraction of sp³-hybridized carbons (Fsp3) is 0.514. The van der Waals surface area contributed by atoms with E-state index in [-0.39, 0.29) is 53.3 Å². The standard InChI is InChI=1S/C35H42N2O10/c1-7-45-35(40)47-31-26(41-3)13-19(14-27(31)42-4)33(38)46-28-15-20-17-37-11-10-22-21-9-8-18(2)12-24(21)36-30(22)25(37)16-23(20)29(32(28)43-5)34(39)44-6/h8-9,12-14,20,23,25,28-29,32,36H,7,10-11,15-17H2,1-6H3/t20-,23+,25-,28-,29+,32+/m1/s1. The Kier molecular flexibility index (Phi) is 9.34. The molecule has 1 N–H and O–H groups in total. The molecule has 3 heterocycles. The van der Waals surface area contributed by atoms with Gasteiger partial charge < -0.3 is 38.1 Å². The summed E-state index contributed by atoms with van der Waals surface area (Å²) in [6.07, 6.45) is -0.179.